The summed E-state index contributed by atoms with van der Waals surface area (Å²) in [6.07, 6.45) is -4.00. The van der Waals surface area contributed by atoms with Gasteiger partial charge in [0.05, 0.1) is 40.7 Å². The molecule has 3 heterocycles. The average Bonchev–Trinajstić information content (AvgIpc) is 3.90. The summed E-state index contributed by atoms with van der Waals surface area (Å²) in [6.45, 7) is 7.43. The van der Waals surface area contributed by atoms with Gasteiger partial charge in [-0.25, -0.2) is 18.4 Å². The van der Waals surface area contributed by atoms with Crippen LogP contribution in [0.25, 0.3) is 10.4 Å². The number of aryl methyl sites for hydroxylation is 1. The first kappa shape index (κ1) is 51.2. The molecular weight excluding hydrogens is 926 g/mol. The Bertz CT molecular complexity index is 2660. The third kappa shape index (κ3) is 13.7. The van der Waals surface area contributed by atoms with E-state index in [0.29, 0.717) is 28.9 Å². The number of aliphatic hydroxyl groups is 1. The molecule has 3 aromatic carbocycles. The lowest BCUT2D eigenvalue weighted by Crippen LogP contribution is -2.50. The smallest absolute Gasteiger partial charge is 0.421 e. The number of alkyl halides is 3. The topological polar surface area (TPSA) is 205 Å². The van der Waals surface area contributed by atoms with Crippen molar-refractivity contribution in [3.63, 3.8) is 0 Å². The summed E-state index contributed by atoms with van der Waals surface area (Å²) < 4.78 is 78.0. The maximum atomic E-state index is 14.0. The van der Waals surface area contributed by atoms with E-state index in [9.17, 15) is 41.1 Å². The molecule has 1 saturated heterocycles. The zero-order valence-electron chi connectivity index (χ0n) is 38.5. The van der Waals surface area contributed by atoms with Crippen molar-refractivity contribution in [1.82, 2.24) is 25.2 Å². The number of halogens is 3. The van der Waals surface area contributed by atoms with Gasteiger partial charge in [-0.15, -0.1) is 11.3 Å². The normalized spacial score (nSPS) is 15.7. The molecule has 0 unspecified atom stereocenters. The number of rotatable bonds is 20. The Morgan fingerprint density at radius 1 is 0.985 bits per heavy atom. The van der Waals surface area contributed by atoms with Gasteiger partial charge in [0.25, 0.3) is 0 Å². The molecule has 1 aliphatic rings. The number of anilines is 4. The van der Waals surface area contributed by atoms with Gasteiger partial charge in [-0.1, -0.05) is 57.2 Å². The third-order valence-corrected chi connectivity index (χ3v) is 13.4. The number of likely N-dealkylation sites (tertiary alicyclic amines) is 1. The van der Waals surface area contributed by atoms with E-state index >= 15 is 0 Å². The fourth-order valence-electron chi connectivity index (χ4n) is 7.41. The van der Waals surface area contributed by atoms with Crippen LogP contribution in [0.3, 0.4) is 0 Å². The Labute approximate surface area is 397 Å². The molecule has 2 aromatic heterocycles. The van der Waals surface area contributed by atoms with Crippen molar-refractivity contribution in [2.75, 3.05) is 54.6 Å². The molecule has 4 N–H and O–H groups in total. The minimum Gasteiger partial charge on any atom is -0.491 e. The van der Waals surface area contributed by atoms with Crippen molar-refractivity contribution in [3.05, 3.63) is 107 Å². The van der Waals surface area contributed by atoms with E-state index in [-0.39, 0.29) is 69.9 Å². The highest BCUT2D eigenvalue weighted by Crippen LogP contribution is 2.36. The molecule has 6 rings (SSSR count). The van der Waals surface area contributed by atoms with E-state index in [1.165, 1.54) is 11.9 Å². The largest absolute Gasteiger partial charge is 0.491 e. The number of thiazole rings is 1. The van der Waals surface area contributed by atoms with Gasteiger partial charge in [0.15, 0.2) is 5.78 Å². The van der Waals surface area contributed by atoms with Gasteiger partial charge in [-0.2, -0.15) is 18.2 Å². The summed E-state index contributed by atoms with van der Waals surface area (Å²) in [5.41, 5.74) is 4.20. The predicted octanol–water partition coefficient (Wildman–Crippen LogP) is 6.97. The first-order valence-electron chi connectivity index (χ1n) is 21.6. The van der Waals surface area contributed by atoms with Crippen molar-refractivity contribution >= 4 is 62.1 Å². The summed E-state index contributed by atoms with van der Waals surface area (Å²) in [4.78, 5) is 55.3. The molecule has 21 heteroatoms. The number of ketones is 1. The number of Topliss-reactive ketones (excluding diaryl/α,β-unsaturated/α-hetero) is 1. The van der Waals surface area contributed by atoms with Gasteiger partial charge < -0.3 is 35.4 Å². The Morgan fingerprint density at radius 2 is 1.71 bits per heavy atom. The van der Waals surface area contributed by atoms with Crippen LogP contribution in [-0.2, 0) is 48.4 Å². The number of benzene rings is 3. The molecule has 0 radical (unpaired) electrons. The molecule has 2 amide bonds. The van der Waals surface area contributed by atoms with E-state index in [1.54, 1.807) is 65.4 Å². The van der Waals surface area contributed by atoms with Crippen molar-refractivity contribution in [2.24, 2.45) is 11.3 Å². The van der Waals surface area contributed by atoms with Crippen LogP contribution < -0.4 is 25.0 Å². The van der Waals surface area contributed by atoms with E-state index in [0.717, 1.165) is 32.3 Å². The standard InChI is InChI=1S/C47H55F3N8O8S2/c1-29-41(67-28-54-29)32-12-10-30(11-13-32)23-52-43(61)40-22-35(59)26-58(40)44(62)38(46(2,3)4)21-36(60)27-65-18-19-66-37-16-14-33(15-17-37)55-45-53-25-39(47(48,49)50)42(56-45)51-24-31-8-7-9-34(20-31)57(5)68(6,63)64/h7-17,20,25,28,35,38,40,59H,18-19,21-24,26-27H2,1-6H3,(H,52,61)(H2,51,53,55,56)/t35-,38-,40+/m1/s1. The number of aliphatic hydroxyl groups excluding tert-OH is 1. The number of nitrogens with one attached hydrogen (secondary N) is 3. The summed E-state index contributed by atoms with van der Waals surface area (Å²) in [7, 11) is -2.18. The second-order valence-corrected chi connectivity index (χ2v) is 20.4. The molecular formula is C47H55F3N8O8S2. The number of aromatic nitrogens is 3. The van der Waals surface area contributed by atoms with Gasteiger partial charge in [0.1, 0.15) is 36.4 Å². The van der Waals surface area contributed by atoms with Crippen LogP contribution in [0.5, 0.6) is 5.75 Å². The Morgan fingerprint density at radius 3 is 2.35 bits per heavy atom. The predicted molar refractivity (Wildman–Crippen MR) is 253 cm³/mol. The number of amides is 2. The molecule has 364 valence electrons. The minimum atomic E-state index is -4.76. The number of hydrogen-bond donors (Lipinski definition) is 4. The van der Waals surface area contributed by atoms with E-state index in [2.05, 4.69) is 30.9 Å². The number of β-amino-alcohol motifs (C(OH)–C–C–N with tert-alkyl or cyclic N) is 1. The van der Waals surface area contributed by atoms with Gasteiger partial charge >= 0.3 is 6.18 Å². The lowest BCUT2D eigenvalue weighted by atomic mass is 9.77. The number of ether oxygens (including phenoxy) is 2. The Kier molecular flexibility index (Phi) is 16.5. The maximum absolute atomic E-state index is 14.0. The zero-order valence-corrected chi connectivity index (χ0v) is 40.1. The van der Waals surface area contributed by atoms with Crippen molar-refractivity contribution < 1.29 is 50.6 Å². The van der Waals surface area contributed by atoms with E-state index in [1.807, 2.05) is 52.0 Å². The second-order valence-electron chi connectivity index (χ2n) is 17.5. The van der Waals surface area contributed by atoms with Crippen molar-refractivity contribution in [3.8, 4) is 16.2 Å². The molecule has 0 bridgehead atoms. The quantitative estimate of drug-likeness (QED) is 0.0583. The second kappa shape index (κ2) is 21.9. The molecule has 5 aromatic rings. The maximum Gasteiger partial charge on any atom is 0.421 e. The highest BCUT2D eigenvalue weighted by atomic mass is 32.2. The summed E-state index contributed by atoms with van der Waals surface area (Å²) in [5.74, 6) is -2.05. The number of carbonyl (C=O) groups is 3. The number of carbonyl (C=O) groups excluding carboxylic acids is 3. The lowest BCUT2D eigenvalue weighted by molar-refractivity contribution is -0.146. The molecule has 68 heavy (non-hydrogen) atoms. The molecule has 16 nitrogen and oxygen atoms in total. The first-order valence-corrected chi connectivity index (χ1v) is 24.4. The first-order chi connectivity index (χ1) is 32.1. The highest BCUT2D eigenvalue weighted by Gasteiger charge is 2.44. The van der Waals surface area contributed by atoms with Crippen molar-refractivity contribution in [1.29, 1.82) is 0 Å². The van der Waals surface area contributed by atoms with Gasteiger partial charge in [-0.05, 0) is 65.4 Å². The number of sulfonamides is 1. The minimum absolute atomic E-state index is 0.0279. The molecule has 0 spiro atoms. The number of nitrogens with zero attached hydrogens (tertiary/aromatic N) is 5. The highest BCUT2D eigenvalue weighted by molar-refractivity contribution is 7.92. The SMILES string of the molecule is Cc1ncsc1-c1ccc(CNC(=O)[C@@H]2C[C@@H](O)CN2C(=O)[C@@H](CC(=O)COCCOc2ccc(Nc3ncc(C(F)(F)F)c(NCc4cccc(N(C)S(C)(=O)=O)c4)n3)cc2)C(C)(C)C)cc1. The monoisotopic (exact) mass is 980 g/mol. The summed E-state index contributed by atoms with van der Waals surface area (Å²) in [6, 6.07) is 19.7. The van der Waals surface area contributed by atoms with Crippen LogP contribution >= 0.6 is 11.3 Å². The van der Waals surface area contributed by atoms with E-state index in [4.69, 9.17) is 9.47 Å². The van der Waals surface area contributed by atoms with Gasteiger partial charge in [-0.3, -0.25) is 18.7 Å². The van der Waals surface area contributed by atoms with Gasteiger partial charge in [0, 0.05) is 57.3 Å². The fourth-order valence-corrected chi connectivity index (χ4v) is 8.72. The van der Waals surface area contributed by atoms with E-state index < -0.39 is 57.0 Å². The molecule has 3 atom stereocenters. The molecule has 0 saturated carbocycles. The average molecular weight is 981 g/mol. The van der Waals surface area contributed by atoms with Crippen LogP contribution in [0.2, 0.25) is 0 Å². The summed E-state index contributed by atoms with van der Waals surface area (Å²) >= 11 is 1.55. The number of hydrogen-bond acceptors (Lipinski definition) is 14. The van der Waals surface area contributed by atoms with Crippen LogP contribution in [0.4, 0.5) is 36.3 Å². The van der Waals surface area contributed by atoms with Crippen LogP contribution in [0.1, 0.15) is 56.0 Å². The lowest BCUT2D eigenvalue weighted by Gasteiger charge is -2.34. The van der Waals surface area contributed by atoms with Crippen LogP contribution in [0, 0.1) is 18.3 Å². The van der Waals surface area contributed by atoms with Gasteiger partial charge in [0.2, 0.25) is 27.8 Å². The zero-order chi connectivity index (χ0) is 49.4. The fraction of sp³-hybridized carbons (Fsp3) is 0.404. The summed E-state index contributed by atoms with van der Waals surface area (Å²) in [5, 5.41) is 19.1. The Hall–Kier alpha value is -6.16. The van der Waals surface area contributed by atoms with Crippen LogP contribution in [-0.4, -0.2) is 103 Å². The van der Waals surface area contributed by atoms with Crippen LogP contribution in [0.15, 0.2) is 84.5 Å². The van der Waals surface area contributed by atoms with Crippen molar-refractivity contribution in [2.45, 2.75) is 71.9 Å². The molecule has 0 aliphatic carbocycles. The third-order valence-electron chi connectivity index (χ3n) is 11.3. The molecule has 1 aliphatic heterocycles. The Balaban J connectivity index is 0.961. The molecule has 1 fully saturated rings.